The van der Waals surface area contributed by atoms with E-state index in [1.165, 1.54) is 29.5 Å². The van der Waals surface area contributed by atoms with Crippen LogP contribution in [-0.2, 0) is 4.79 Å². The lowest BCUT2D eigenvalue weighted by atomic mass is 10.1. The summed E-state index contributed by atoms with van der Waals surface area (Å²) in [6.07, 6.45) is 3.52. The third-order valence-corrected chi connectivity index (χ3v) is 5.09. The average Bonchev–Trinajstić information content (AvgIpc) is 2.91. The minimum absolute atomic E-state index is 0.224. The van der Waals surface area contributed by atoms with E-state index in [1.807, 2.05) is 4.90 Å². The highest BCUT2D eigenvalue weighted by Gasteiger charge is 2.17. The fourth-order valence-electron chi connectivity index (χ4n) is 1.99. The number of carbonyl (C=O) groups excluding carboxylic acids is 1. The Balaban J connectivity index is 1.74. The molecule has 1 amide bonds. The number of aromatic nitrogens is 2. The van der Waals surface area contributed by atoms with Crippen molar-refractivity contribution in [2.24, 2.45) is 5.92 Å². The van der Waals surface area contributed by atoms with Crippen LogP contribution in [0.4, 0.5) is 5.13 Å². The van der Waals surface area contributed by atoms with Gasteiger partial charge in [-0.1, -0.05) is 36.9 Å². The van der Waals surface area contributed by atoms with E-state index in [-0.39, 0.29) is 5.91 Å². The van der Waals surface area contributed by atoms with Crippen LogP contribution in [0.5, 0.6) is 0 Å². The predicted molar refractivity (Wildman–Crippen MR) is 84.4 cm³/mol. The molecule has 2 heterocycles. The van der Waals surface area contributed by atoms with Gasteiger partial charge in [0.25, 0.3) is 0 Å². The minimum Gasteiger partial charge on any atom is -0.360 e. The highest BCUT2D eigenvalue weighted by Crippen LogP contribution is 2.26. The van der Waals surface area contributed by atoms with Crippen LogP contribution in [0.1, 0.15) is 33.1 Å². The molecule has 0 unspecified atom stereocenters. The Morgan fingerprint density at radius 1 is 1.35 bits per heavy atom. The summed E-state index contributed by atoms with van der Waals surface area (Å²) in [6, 6.07) is 0. The Morgan fingerprint density at radius 2 is 2.10 bits per heavy atom. The number of amides is 1. The first-order valence-corrected chi connectivity index (χ1v) is 8.93. The number of rotatable bonds is 6. The molecule has 5 nitrogen and oxygen atoms in total. The Labute approximate surface area is 128 Å². The number of thioether (sulfide) groups is 1. The number of anilines is 1. The van der Waals surface area contributed by atoms with Gasteiger partial charge in [-0.3, -0.25) is 4.79 Å². The van der Waals surface area contributed by atoms with Gasteiger partial charge in [0.15, 0.2) is 4.34 Å². The molecule has 1 aromatic heterocycles. The predicted octanol–water partition coefficient (Wildman–Crippen LogP) is 2.71. The van der Waals surface area contributed by atoms with E-state index in [1.54, 1.807) is 0 Å². The van der Waals surface area contributed by atoms with Crippen LogP contribution >= 0.6 is 23.1 Å². The third-order valence-electron chi connectivity index (χ3n) is 3.10. The topological polar surface area (TPSA) is 58.1 Å². The fraction of sp³-hybridized carbons (Fsp3) is 0.769. The molecule has 2 rings (SSSR count). The van der Waals surface area contributed by atoms with Gasteiger partial charge in [0, 0.05) is 19.6 Å². The highest BCUT2D eigenvalue weighted by molar-refractivity contribution is 8.01. The molecule has 1 saturated heterocycles. The van der Waals surface area contributed by atoms with E-state index in [2.05, 4.69) is 29.4 Å². The lowest BCUT2D eigenvalue weighted by molar-refractivity contribution is -0.129. The molecule has 1 aromatic rings. The minimum atomic E-state index is 0.224. The maximum Gasteiger partial charge on any atom is 0.233 e. The first-order chi connectivity index (χ1) is 9.65. The van der Waals surface area contributed by atoms with Crippen molar-refractivity contribution in [1.29, 1.82) is 0 Å². The van der Waals surface area contributed by atoms with Crippen molar-refractivity contribution < 1.29 is 4.79 Å². The van der Waals surface area contributed by atoms with Crippen LogP contribution in [-0.4, -0.2) is 46.4 Å². The molecule has 1 aliphatic rings. The van der Waals surface area contributed by atoms with Gasteiger partial charge in [-0.2, -0.15) is 0 Å². The molecule has 0 atom stereocenters. The van der Waals surface area contributed by atoms with E-state index in [4.69, 9.17) is 0 Å². The lowest BCUT2D eigenvalue weighted by Gasteiger charge is -2.26. The van der Waals surface area contributed by atoms with E-state index < -0.39 is 0 Å². The van der Waals surface area contributed by atoms with Crippen LogP contribution in [0.25, 0.3) is 0 Å². The molecule has 1 fully saturated rings. The van der Waals surface area contributed by atoms with Crippen LogP contribution < -0.4 is 5.32 Å². The monoisotopic (exact) mass is 314 g/mol. The molecule has 112 valence electrons. The summed E-state index contributed by atoms with van der Waals surface area (Å²) in [5, 5.41) is 12.3. The summed E-state index contributed by atoms with van der Waals surface area (Å²) in [4.78, 5) is 14.0. The van der Waals surface area contributed by atoms with Crippen LogP contribution in [0.2, 0.25) is 0 Å². The standard InChI is InChI=1S/C13H22N4OS2/c1-10(2)8-14-12-15-16-13(20-12)19-9-11(18)17-6-4-3-5-7-17/h10H,3-9H2,1-2H3,(H,14,15). The molecule has 20 heavy (non-hydrogen) atoms. The van der Waals surface area contributed by atoms with E-state index >= 15 is 0 Å². The lowest BCUT2D eigenvalue weighted by Crippen LogP contribution is -2.36. The van der Waals surface area contributed by atoms with Crippen LogP contribution in [0.3, 0.4) is 0 Å². The molecular formula is C13H22N4OS2. The van der Waals surface area contributed by atoms with E-state index in [9.17, 15) is 4.79 Å². The maximum absolute atomic E-state index is 12.0. The second kappa shape index (κ2) is 7.83. The number of likely N-dealkylation sites (tertiary alicyclic amines) is 1. The highest BCUT2D eigenvalue weighted by atomic mass is 32.2. The smallest absolute Gasteiger partial charge is 0.233 e. The molecule has 0 aromatic carbocycles. The van der Waals surface area contributed by atoms with Gasteiger partial charge in [-0.05, 0) is 25.2 Å². The quantitative estimate of drug-likeness (QED) is 0.818. The molecule has 1 aliphatic heterocycles. The summed E-state index contributed by atoms with van der Waals surface area (Å²) in [5.41, 5.74) is 0. The van der Waals surface area contributed by atoms with Gasteiger partial charge in [-0.15, -0.1) is 10.2 Å². The normalized spacial score (nSPS) is 15.7. The Kier molecular flexibility index (Phi) is 6.09. The second-order valence-corrected chi connectivity index (χ2v) is 7.58. The zero-order chi connectivity index (χ0) is 14.4. The van der Waals surface area contributed by atoms with E-state index in [0.717, 1.165) is 41.9 Å². The average molecular weight is 314 g/mol. The number of carbonyl (C=O) groups is 1. The fourth-order valence-corrected chi connectivity index (χ4v) is 3.65. The molecule has 0 bridgehead atoms. The number of hydrogen-bond donors (Lipinski definition) is 1. The number of nitrogens with zero attached hydrogens (tertiary/aromatic N) is 3. The van der Waals surface area contributed by atoms with Crippen molar-refractivity contribution in [3.8, 4) is 0 Å². The SMILES string of the molecule is CC(C)CNc1nnc(SCC(=O)N2CCCCC2)s1. The zero-order valence-electron chi connectivity index (χ0n) is 12.1. The van der Waals surface area contributed by atoms with Crippen LogP contribution in [0.15, 0.2) is 4.34 Å². The van der Waals surface area contributed by atoms with Gasteiger partial charge in [-0.25, -0.2) is 0 Å². The molecule has 0 saturated carbocycles. The number of piperidine rings is 1. The number of hydrogen-bond acceptors (Lipinski definition) is 6. The summed E-state index contributed by atoms with van der Waals surface area (Å²) in [5.74, 6) is 1.27. The van der Waals surface area contributed by atoms with Crippen molar-refractivity contribution >= 4 is 34.1 Å². The van der Waals surface area contributed by atoms with Crippen molar-refractivity contribution in [3.05, 3.63) is 0 Å². The Morgan fingerprint density at radius 3 is 2.80 bits per heavy atom. The molecule has 1 N–H and O–H groups in total. The molecule has 0 spiro atoms. The van der Waals surface area contributed by atoms with Gasteiger partial charge in [0.1, 0.15) is 0 Å². The molecule has 0 radical (unpaired) electrons. The summed E-state index contributed by atoms with van der Waals surface area (Å²) in [7, 11) is 0. The summed E-state index contributed by atoms with van der Waals surface area (Å²) in [6.45, 7) is 7.03. The van der Waals surface area contributed by atoms with Crippen molar-refractivity contribution in [1.82, 2.24) is 15.1 Å². The van der Waals surface area contributed by atoms with Gasteiger partial charge < -0.3 is 10.2 Å². The van der Waals surface area contributed by atoms with E-state index in [0.29, 0.717) is 11.7 Å². The summed E-state index contributed by atoms with van der Waals surface area (Å²) >= 11 is 3.01. The molecule has 0 aliphatic carbocycles. The molecule has 7 heteroatoms. The van der Waals surface area contributed by atoms with Crippen LogP contribution in [0, 0.1) is 5.92 Å². The van der Waals surface area contributed by atoms with Gasteiger partial charge >= 0.3 is 0 Å². The first-order valence-electron chi connectivity index (χ1n) is 7.13. The second-order valence-electron chi connectivity index (χ2n) is 5.38. The largest absolute Gasteiger partial charge is 0.360 e. The Hall–Kier alpha value is -0.820. The van der Waals surface area contributed by atoms with Gasteiger partial charge in [0.05, 0.1) is 5.75 Å². The summed E-state index contributed by atoms with van der Waals surface area (Å²) < 4.78 is 0.863. The van der Waals surface area contributed by atoms with Gasteiger partial charge in [0.2, 0.25) is 11.0 Å². The first kappa shape index (κ1) is 15.6. The van der Waals surface area contributed by atoms with Crippen molar-refractivity contribution in [3.63, 3.8) is 0 Å². The maximum atomic E-state index is 12.0. The third kappa shape index (κ3) is 4.94. The van der Waals surface area contributed by atoms with Crippen molar-refractivity contribution in [2.75, 3.05) is 30.7 Å². The Bertz CT molecular complexity index is 430. The molecular weight excluding hydrogens is 292 g/mol. The zero-order valence-corrected chi connectivity index (χ0v) is 13.7. The van der Waals surface area contributed by atoms with Crippen molar-refractivity contribution in [2.45, 2.75) is 37.4 Å². The number of nitrogens with one attached hydrogen (secondary N) is 1.